The highest BCUT2D eigenvalue weighted by Gasteiger charge is 2.48. The molecule has 5 heteroatoms. The predicted octanol–water partition coefficient (Wildman–Crippen LogP) is 0.749. The van der Waals surface area contributed by atoms with Crippen molar-refractivity contribution in [3.05, 3.63) is 34.9 Å². The third-order valence-electron chi connectivity index (χ3n) is 5.27. The topological polar surface area (TPSA) is 62.2 Å². The molecule has 0 aromatic heterocycles. The maximum atomic E-state index is 10.5. The molecule has 0 saturated carbocycles. The zero-order valence-electron chi connectivity index (χ0n) is 11.5. The molecule has 3 aliphatic heterocycles. The fourth-order valence-corrected chi connectivity index (χ4v) is 4.35. The number of hydrogen-bond donors (Lipinski definition) is 2. The Kier molecular flexibility index (Phi) is 2.29. The van der Waals surface area contributed by atoms with Crippen LogP contribution in [0.1, 0.15) is 23.5 Å². The van der Waals surface area contributed by atoms with Crippen LogP contribution in [-0.2, 0) is 6.54 Å². The molecule has 5 nitrogen and oxygen atoms in total. The quantitative estimate of drug-likeness (QED) is 0.690. The Hall–Kier alpha value is -1.56. The summed E-state index contributed by atoms with van der Waals surface area (Å²) in [6, 6.07) is 4.25. The average molecular weight is 287 g/mol. The van der Waals surface area contributed by atoms with Crippen LogP contribution in [0.4, 0.5) is 0 Å². The van der Waals surface area contributed by atoms with Crippen molar-refractivity contribution in [3.63, 3.8) is 0 Å². The second-order valence-corrected chi connectivity index (χ2v) is 6.32. The predicted molar refractivity (Wildman–Crippen MR) is 74.2 cm³/mol. The number of aliphatic hydroxyl groups is 2. The molecule has 5 rings (SSSR count). The Bertz CT molecular complexity index is 656. The standard InChI is InChI=1S/C16H17NO4/c18-11-3-8-1-2-17-6-9-4-12-13(21-7-20-12)5-10(9)14(15(8)17)16(11)19/h3-5,11,14-16,18-19H,1-2,6-7H2/t11-,14+,15+,16-/m1/s1. The monoisotopic (exact) mass is 287 g/mol. The van der Waals surface area contributed by atoms with Crippen molar-refractivity contribution in [1.82, 2.24) is 4.90 Å². The van der Waals surface area contributed by atoms with Crippen molar-refractivity contribution in [2.45, 2.75) is 37.1 Å². The highest BCUT2D eigenvalue weighted by molar-refractivity contribution is 5.53. The number of aliphatic hydroxyl groups excluding tert-OH is 2. The summed E-state index contributed by atoms with van der Waals surface area (Å²) in [5.41, 5.74) is 3.54. The highest BCUT2D eigenvalue weighted by atomic mass is 16.7. The molecule has 4 aliphatic rings. The van der Waals surface area contributed by atoms with Gasteiger partial charge < -0.3 is 19.7 Å². The minimum atomic E-state index is -0.780. The summed E-state index contributed by atoms with van der Waals surface area (Å²) < 4.78 is 10.9. The van der Waals surface area contributed by atoms with Crippen LogP contribution in [0, 0.1) is 0 Å². The molecule has 0 amide bonds. The van der Waals surface area contributed by atoms with Crippen LogP contribution in [-0.4, -0.2) is 46.7 Å². The van der Waals surface area contributed by atoms with Gasteiger partial charge in [0.15, 0.2) is 11.5 Å². The van der Waals surface area contributed by atoms with E-state index in [1.165, 1.54) is 11.1 Å². The molecule has 0 unspecified atom stereocenters. The highest BCUT2D eigenvalue weighted by Crippen LogP contribution is 2.49. The van der Waals surface area contributed by atoms with Gasteiger partial charge in [-0.3, -0.25) is 4.90 Å². The number of fused-ring (bicyclic) bond motifs is 3. The number of ether oxygens (including phenoxy) is 2. The molecular weight excluding hydrogens is 270 g/mol. The molecule has 21 heavy (non-hydrogen) atoms. The molecule has 1 saturated heterocycles. The van der Waals surface area contributed by atoms with E-state index in [-0.39, 0.29) is 18.8 Å². The summed E-state index contributed by atoms with van der Waals surface area (Å²) >= 11 is 0. The fraction of sp³-hybridized carbons (Fsp3) is 0.500. The first kappa shape index (κ1) is 12.0. The summed E-state index contributed by atoms with van der Waals surface area (Å²) in [4.78, 5) is 2.40. The van der Waals surface area contributed by atoms with Gasteiger partial charge in [-0.05, 0) is 29.7 Å². The van der Waals surface area contributed by atoms with Gasteiger partial charge in [0.05, 0.1) is 12.2 Å². The lowest BCUT2D eigenvalue weighted by Gasteiger charge is -2.44. The minimum Gasteiger partial charge on any atom is -0.454 e. The van der Waals surface area contributed by atoms with Crippen LogP contribution >= 0.6 is 0 Å². The van der Waals surface area contributed by atoms with E-state index in [2.05, 4.69) is 4.90 Å². The molecule has 1 aromatic carbocycles. The van der Waals surface area contributed by atoms with Crippen molar-refractivity contribution in [2.24, 2.45) is 0 Å². The summed E-state index contributed by atoms with van der Waals surface area (Å²) in [6.07, 6.45) is 1.28. The molecule has 1 aliphatic carbocycles. The number of nitrogens with zero attached hydrogens (tertiary/aromatic N) is 1. The number of benzene rings is 1. The van der Waals surface area contributed by atoms with E-state index < -0.39 is 12.2 Å². The molecule has 0 bridgehead atoms. The largest absolute Gasteiger partial charge is 0.454 e. The lowest BCUT2D eigenvalue weighted by atomic mass is 9.73. The lowest BCUT2D eigenvalue weighted by Crippen LogP contribution is -2.49. The van der Waals surface area contributed by atoms with Crippen molar-refractivity contribution in [3.8, 4) is 11.5 Å². The van der Waals surface area contributed by atoms with Gasteiger partial charge in [0.25, 0.3) is 0 Å². The minimum absolute atomic E-state index is 0.0826. The first-order chi connectivity index (χ1) is 10.2. The Labute approximate surface area is 122 Å². The van der Waals surface area contributed by atoms with E-state index in [0.717, 1.165) is 36.6 Å². The van der Waals surface area contributed by atoms with Gasteiger partial charge in [0, 0.05) is 25.0 Å². The summed E-state index contributed by atoms with van der Waals surface area (Å²) in [6.45, 7) is 2.11. The zero-order valence-corrected chi connectivity index (χ0v) is 11.5. The molecular formula is C16H17NO4. The van der Waals surface area contributed by atoms with Gasteiger partial charge in [-0.15, -0.1) is 0 Å². The van der Waals surface area contributed by atoms with Gasteiger partial charge in [-0.25, -0.2) is 0 Å². The molecule has 2 N–H and O–H groups in total. The van der Waals surface area contributed by atoms with E-state index in [0.29, 0.717) is 0 Å². The summed E-state index contributed by atoms with van der Waals surface area (Å²) in [5, 5.41) is 20.7. The molecule has 0 spiro atoms. The second-order valence-electron chi connectivity index (χ2n) is 6.32. The maximum Gasteiger partial charge on any atom is 0.231 e. The first-order valence-corrected chi connectivity index (χ1v) is 7.45. The molecule has 4 atom stereocenters. The molecule has 1 aromatic rings. The van der Waals surface area contributed by atoms with Crippen LogP contribution in [0.2, 0.25) is 0 Å². The lowest BCUT2D eigenvalue weighted by molar-refractivity contribution is -0.00157. The van der Waals surface area contributed by atoms with Crippen LogP contribution < -0.4 is 9.47 Å². The Balaban J connectivity index is 1.70. The number of hydrogen-bond acceptors (Lipinski definition) is 5. The van der Waals surface area contributed by atoms with Crippen LogP contribution in [0.3, 0.4) is 0 Å². The average Bonchev–Trinajstić information content (AvgIpc) is 3.08. The molecule has 0 radical (unpaired) electrons. The van der Waals surface area contributed by atoms with E-state index in [9.17, 15) is 10.2 Å². The van der Waals surface area contributed by atoms with E-state index in [1.54, 1.807) is 0 Å². The zero-order chi connectivity index (χ0) is 14.1. The number of rotatable bonds is 0. The summed E-state index contributed by atoms with van der Waals surface area (Å²) in [7, 11) is 0. The fourth-order valence-electron chi connectivity index (χ4n) is 4.35. The van der Waals surface area contributed by atoms with Crippen molar-refractivity contribution >= 4 is 0 Å². The van der Waals surface area contributed by atoms with Gasteiger partial charge >= 0.3 is 0 Å². The van der Waals surface area contributed by atoms with E-state index in [4.69, 9.17) is 9.47 Å². The van der Waals surface area contributed by atoms with Crippen molar-refractivity contribution < 1.29 is 19.7 Å². The molecule has 110 valence electrons. The second kappa shape index (κ2) is 4.00. The van der Waals surface area contributed by atoms with Crippen LogP contribution in [0.5, 0.6) is 11.5 Å². The molecule has 1 fully saturated rings. The Morgan fingerprint density at radius 2 is 1.95 bits per heavy atom. The first-order valence-electron chi connectivity index (χ1n) is 7.45. The van der Waals surface area contributed by atoms with Crippen LogP contribution in [0.15, 0.2) is 23.8 Å². The Morgan fingerprint density at radius 3 is 2.81 bits per heavy atom. The third kappa shape index (κ3) is 1.51. The maximum absolute atomic E-state index is 10.5. The molecule has 3 heterocycles. The van der Waals surface area contributed by atoms with Crippen LogP contribution in [0.25, 0.3) is 0 Å². The van der Waals surface area contributed by atoms with Gasteiger partial charge in [0.2, 0.25) is 6.79 Å². The van der Waals surface area contributed by atoms with Gasteiger partial charge in [0.1, 0.15) is 0 Å². The van der Waals surface area contributed by atoms with E-state index in [1.807, 2.05) is 18.2 Å². The summed E-state index contributed by atoms with van der Waals surface area (Å²) in [5.74, 6) is 1.45. The third-order valence-corrected chi connectivity index (χ3v) is 5.27. The Morgan fingerprint density at radius 1 is 1.14 bits per heavy atom. The van der Waals surface area contributed by atoms with E-state index >= 15 is 0 Å². The van der Waals surface area contributed by atoms with Gasteiger partial charge in [-0.2, -0.15) is 0 Å². The van der Waals surface area contributed by atoms with Crippen molar-refractivity contribution in [1.29, 1.82) is 0 Å². The normalized spacial score (nSPS) is 36.2. The van der Waals surface area contributed by atoms with Crippen molar-refractivity contribution in [2.75, 3.05) is 13.3 Å². The van der Waals surface area contributed by atoms with Gasteiger partial charge in [-0.1, -0.05) is 11.6 Å². The smallest absolute Gasteiger partial charge is 0.231 e. The SMILES string of the molecule is O[C@H]1[C@H]2c3cc4c(cc3CN3CCC(=C[C@H]1O)[C@@H]23)OCO4.